The highest BCUT2D eigenvalue weighted by molar-refractivity contribution is 7.86. The van der Waals surface area contributed by atoms with E-state index >= 15 is 0 Å². The lowest BCUT2D eigenvalue weighted by Crippen LogP contribution is -2.16. The topological polar surface area (TPSA) is 43.4 Å². The molecular formula is C22H46O3S. The van der Waals surface area contributed by atoms with E-state index in [1.807, 2.05) is 0 Å². The fraction of sp³-hybridized carbons (Fsp3) is 1.00. The van der Waals surface area contributed by atoms with Crippen LogP contribution in [0.4, 0.5) is 0 Å². The quantitative estimate of drug-likeness (QED) is 0.162. The maximum Gasteiger partial charge on any atom is 0.267 e. The first-order chi connectivity index (χ1) is 12.6. The van der Waals surface area contributed by atoms with E-state index < -0.39 is 10.1 Å². The molecule has 0 aromatic heterocycles. The van der Waals surface area contributed by atoms with E-state index in [1.165, 1.54) is 57.8 Å². The summed E-state index contributed by atoms with van der Waals surface area (Å²) in [7, 11) is -3.32. The molecule has 0 aromatic rings. The van der Waals surface area contributed by atoms with Crippen LogP contribution in [0.3, 0.4) is 0 Å². The summed E-state index contributed by atoms with van der Waals surface area (Å²) in [5, 5.41) is 0. The molecule has 0 aromatic carbocycles. The predicted molar refractivity (Wildman–Crippen MR) is 114 cm³/mol. The first-order valence-electron chi connectivity index (χ1n) is 11.4. The average molecular weight is 391 g/mol. The van der Waals surface area contributed by atoms with E-state index in [0.29, 0.717) is 12.5 Å². The molecule has 0 bridgehead atoms. The van der Waals surface area contributed by atoms with Crippen LogP contribution < -0.4 is 0 Å². The Morgan fingerprint density at radius 3 is 1.58 bits per heavy atom. The third kappa shape index (κ3) is 17.3. The second-order valence-electron chi connectivity index (χ2n) is 7.85. The van der Waals surface area contributed by atoms with Crippen molar-refractivity contribution >= 4 is 10.1 Å². The van der Waals surface area contributed by atoms with Gasteiger partial charge in [-0.25, -0.2) is 0 Å². The van der Waals surface area contributed by atoms with Gasteiger partial charge in [-0.15, -0.1) is 0 Å². The summed E-state index contributed by atoms with van der Waals surface area (Å²) in [5.74, 6) is 0.570. The van der Waals surface area contributed by atoms with Gasteiger partial charge >= 0.3 is 0 Å². The molecule has 1 atom stereocenters. The van der Waals surface area contributed by atoms with Crippen LogP contribution in [-0.4, -0.2) is 20.8 Å². The molecule has 0 aliphatic rings. The Bertz CT molecular complexity index is 379. The lowest BCUT2D eigenvalue weighted by Gasteiger charge is -2.14. The largest absolute Gasteiger partial charge is 0.270 e. The molecule has 0 heterocycles. The first-order valence-corrected chi connectivity index (χ1v) is 13.0. The van der Waals surface area contributed by atoms with Crippen molar-refractivity contribution in [2.75, 3.05) is 12.4 Å². The van der Waals surface area contributed by atoms with Crippen LogP contribution in [0, 0.1) is 5.92 Å². The molecular weight excluding hydrogens is 344 g/mol. The van der Waals surface area contributed by atoms with Crippen molar-refractivity contribution < 1.29 is 12.6 Å². The summed E-state index contributed by atoms with van der Waals surface area (Å²) in [6.07, 6.45) is 19.4. The molecule has 0 radical (unpaired) electrons. The predicted octanol–water partition coefficient (Wildman–Crippen LogP) is 7.25. The van der Waals surface area contributed by atoms with E-state index in [2.05, 4.69) is 20.8 Å². The van der Waals surface area contributed by atoms with Crippen molar-refractivity contribution in [3.8, 4) is 0 Å². The van der Waals surface area contributed by atoms with E-state index in [4.69, 9.17) is 4.18 Å². The Kier molecular flexibility index (Phi) is 18.2. The minimum atomic E-state index is -3.32. The summed E-state index contributed by atoms with van der Waals surface area (Å²) >= 11 is 0. The summed E-state index contributed by atoms with van der Waals surface area (Å²) in [5.41, 5.74) is 0. The van der Waals surface area contributed by atoms with Gasteiger partial charge in [-0.05, 0) is 18.8 Å². The fourth-order valence-corrected chi connectivity index (χ4v) is 4.35. The molecule has 0 N–H and O–H groups in total. The molecule has 3 nitrogen and oxygen atoms in total. The third-order valence-electron chi connectivity index (χ3n) is 5.27. The Labute approximate surface area is 164 Å². The smallest absolute Gasteiger partial charge is 0.267 e. The second kappa shape index (κ2) is 18.3. The number of hydrogen-bond donors (Lipinski definition) is 0. The Hall–Kier alpha value is -0.0900. The van der Waals surface area contributed by atoms with Crippen molar-refractivity contribution in [1.82, 2.24) is 0 Å². The van der Waals surface area contributed by atoms with Gasteiger partial charge in [0.15, 0.2) is 0 Å². The normalized spacial score (nSPS) is 13.2. The van der Waals surface area contributed by atoms with Crippen molar-refractivity contribution in [3.63, 3.8) is 0 Å². The second-order valence-corrected chi connectivity index (χ2v) is 9.61. The van der Waals surface area contributed by atoms with Gasteiger partial charge in [0.25, 0.3) is 10.1 Å². The molecule has 1 unspecified atom stereocenters. The molecule has 0 fully saturated rings. The van der Waals surface area contributed by atoms with Gasteiger partial charge in [0.05, 0.1) is 12.4 Å². The van der Waals surface area contributed by atoms with Crippen molar-refractivity contribution in [3.05, 3.63) is 0 Å². The molecule has 0 saturated carbocycles. The number of hydrogen-bond acceptors (Lipinski definition) is 3. The van der Waals surface area contributed by atoms with Crippen molar-refractivity contribution in [1.29, 1.82) is 0 Å². The zero-order chi connectivity index (χ0) is 19.5. The van der Waals surface area contributed by atoms with Gasteiger partial charge in [-0.2, -0.15) is 8.42 Å². The average Bonchev–Trinajstić information content (AvgIpc) is 2.62. The maximum atomic E-state index is 12.0. The highest BCUT2D eigenvalue weighted by atomic mass is 32.2. The summed E-state index contributed by atoms with van der Waals surface area (Å²) < 4.78 is 29.2. The summed E-state index contributed by atoms with van der Waals surface area (Å²) in [6.45, 7) is 6.91. The lowest BCUT2D eigenvalue weighted by molar-refractivity contribution is 0.238. The highest BCUT2D eigenvalue weighted by Crippen LogP contribution is 2.15. The molecule has 0 spiro atoms. The van der Waals surface area contributed by atoms with Gasteiger partial charge in [0.1, 0.15) is 0 Å². The summed E-state index contributed by atoms with van der Waals surface area (Å²) in [6, 6.07) is 0. The molecule has 26 heavy (non-hydrogen) atoms. The van der Waals surface area contributed by atoms with E-state index in [-0.39, 0.29) is 5.75 Å². The SMILES string of the molecule is CCCCCCCCCCCCCCS(=O)(=O)OCC(CC)CCCC. The Morgan fingerprint density at radius 2 is 1.12 bits per heavy atom. The van der Waals surface area contributed by atoms with Crippen molar-refractivity contribution in [2.24, 2.45) is 5.92 Å². The minimum Gasteiger partial charge on any atom is -0.270 e. The van der Waals surface area contributed by atoms with Crippen LogP contribution in [-0.2, 0) is 14.3 Å². The molecule has 0 saturated heterocycles. The minimum absolute atomic E-state index is 0.189. The third-order valence-corrected chi connectivity index (χ3v) is 6.56. The summed E-state index contributed by atoms with van der Waals surface area (Å²) in [4.78, 5) is 0. The van der Waals surface area contributed by atoms with Crippen LogP contribution >= 0.6 is 0 Å². The van der Waals surface area contributed by atoms with Gasteiger partial charge < -0.3 is 0 Å². The Morgan fingerprint density at radius 1 is 0.654 bits per heavy atom. The van der Waals surface area contributed by atoms with Gasteiger partial charge in [-0.3, -0.25) is 4.18 Å². The molecule has 158 valence electrons. The zero-order valence-electron chi connectivity index (χ0n) is 17.9. The number of unbranched alkanes of at least 4 members (excludes halogenated alkanes) is 12. The molecule has 4 heteroatoms. The first kappa shape index (κ1) is 25.9. The molecule has 0 rings (SSSR count). The van der Waals surface area contributed by atoms with Crippen LogP contribution in [0.1, 0.15) is 124 Å². The maximum absolute atomic E-state index is 12.0. The highest BCUT2D eigenvalue weighted by Gasteiger charge is 2.14. The van der Waals surface area contributed by atoms with Gasteiger partial charge in [0.2, 0.25) is 0 Å². The van der Waals surface area contributed by atoms with Crippen LogP contribution in [0.25, 0.3) is 0 Å². The van der Waals surface area contributed by atoms with Crippen LogP contribution in [0.2, 0.25) is 0 Å². The number of rotatable bonds is 20. The van der Waals surface area contributed by atoms with E-state index in [0.717, 1.165) is 44.9 Å². The van der Waals surface area contributed by atoms with Gasteiger partial charge in [0, 0.05) is 0 Å². The molecule has 0 aliphatic carbocycles. The van der Waals surface area contributed by atoms with Crippen LogP contribution in [0.15, 0.2) is 0 Å². The van der Waals surface area contributed by atoms with Crippen molar-refractivity contribution in [2.45, 2.75) is 124 Å². The van der Waals surface area contributed by atoms with Gasteiger partial charge in [-0.1, -0.05) is 111 Å². The molecule has 0 aliphatic heterocycles. The Balaban J connectivity index is 3.52. The van der Waals surface area contributed by atoms with Crippen LogP contribution in [0.5, 0.6) is 0 Å². The fourth-order valence-electron chi connectivity index (χ4n) is 3.28. The zero-order valence-corrected chi connectivity index (χ0v) is 18.8. The van der Waals surface area contributed by atoms with E-state index in [9.17, 15) is 8.42 Å². The molecule has 0 amide bonds. The monoisotopic (exact) mass is 390 g/mol. The lowest BCUT2D eigenvalue weighted by atomic mass is 10.0. The van der Waals surface area contributed by atoms with E-state index in [1.54, 1.807) is 0 Å². The standard InChI is InChI=1S/C22H46O3S/c1-4-7-9-10-11-12-13-14-15-16-17-18-20-26(23,24)25-21-22(6-3)19-8-5-2/h22H,4-21H2,1-3H3.